The summed E-state index contributed by atoms with van der Waals surface area (Å²) in [6.45, 7) is 1.56. The summed E-state index contributed by atoms with van der Waals surface area (Å²) in [4.78, 5) is 14.2. The highest BCUT2D eigenvalue weighted by Crippen LogP contribution is 2.20. The molecule has 0 bridgehead atoms. The first-order valence-electron chi connectivity index (χ1n) is 6.41. The third kappa shape index (κ3) is 2.96. The van der Waals surface area contributed by atoms with Crippen LogP contribution in [-0.4, -0.2) is 23.9 Å². The minimum atomic E-state index is -0.0339. The molecule has 1 N–H and O–H groups in total. The summed E-state index contributed by atoms with van der Waals surface area (Å²) in [6, 6.07) is 10.6. The number of nitrogens with zero attached hydrogens (tertiary/aromatic N) is 3. The Labute approximate surface area is 117 Å². The molecule has 5 heteroatoms. The second kappa shape index (κ2) is 6.40. The Bertz CT molecular complexity index is 599. The molecule has 2 rings (SSSR count). The topological polar surface area (TPSA) is 79.9 Å². The van der Waals surface area contributed by atoms with E-state index in [0.29, 0.717) is 11.3 Å². The summed E-state index contributed by atoms with van der Waals surface area (Å²) < 4.78 is 0. The molecule has 1 aliphatic heterocycles. The van der Waals surface area contributed by atoms with Gasteiger partial charge in [0.05, 0.1) is 11.3 Å². The number of para-hydroxylation sites is 1. The van der Waals surface area contributed by atoms with Crippen LogP contribution in [0, 0.1) is 22.7 Å². The SMILES string of the molecule is N#CC(C#N)=CNc1ccccc1C(=O)N1CCCC1. The quantitative estimate of drug-likeness (QED) is 0.851. The van der Waals surface area contributed by atoms with Gasteiger partial charge in [0.2, 0.25) is 0 Å². The first-order valence-corrected chi connectivity index (χ1v) is 6.41. The molecule has 1 amide bonds. The van der Waals surface area contributed by atoms with Gasteiger partial charge >= 0.3 is 0 Å². The number of amides is 1. The van der Waals surface area contributed by atoms with Crippen molar-refractivity contribution >= 4 is 11.6 Å². The maximum Gasteiger partial charge on any atom is 0.255 e. The van der Waals surface area contributed by atoms with Crippen molar-refractivity contribution in [3.05, 3.63) is 41.6 Å². The lowest BCUT2D eigenvalue weighted by molar-refractivity contribution is 0.0794. The number of allylic oxidation sites excluding steroid dienone is 1. The van der Waals surface area contributed by atoms with E-state index in [9.17, 15) is 4.79 Å². The first kappa shape index (κ1) is 13.6. The molecule has 0 aromatic heterocycles. The number of rotatable bonds is 3. The molecular weight excluding hydrogens is 252 g/mol. The van der Waals surface area contributed by atoms with Crippen molar-refractivity contribution in [2.45, 2.75) is 12.8 Å². The highest BCUT2D eigenvalue weighted by Gasteiger charge is 2.21. The number of carbonyl (C=O) groups is 1. The predicted octanol–water partition coefficient (Wildman–Crippen LogP) is 2.27. The van der Waals surface area contributed by atoms with Crippen LogP contribution >= 0.6 is 0 Å². The van der Waals surface area contributed by atoms with Crippen molar-refractivity contribution in [3.8, 4) is 12.1 Å². The van der Waals surface area contributed by atoms with Crippen LogP contribution in [0.3, 0.4) is 0 Å². The van der Waals surface area contributed by atoms with E-state index >= 15 is 0 Å². The summed E-state index contributed by atoms with van der Waals surface area (Å²) in [7, 11) is 0. The fourth-order valence-corrected chi connectivity index (χ4v) is 2.13. The Morgan fingerprint density at radius 3 is 2.50 bits per heavy atom. The van der Waals surface area contributed by atoms with Crippen LogP contribution < -0.4 is 5.32 Å². The minimum Gasteiger partial charge on any atom is -0.359 e. The van der Waals surface area contributed by atoms with Crippen molar-refractivity contribution in [1.82, 2.24) is 4.90 Å². The molecule has 1 fully saturated rings. The zero-order valence-corrected chi connectivity index (χ0v) is 11.0. The van der Waals surface area contributed by atoms with Gasteiger partial charge in [-0.2, -0.15) is 10.5 Å². The lowest BCUT2D eigenvalue weighted by Crippen LogP contribution is -2.28. The third-order valence-corrected chi connectivity index (χ3v) is 3.16. The zero-order valence-electron chi connectivity index (χ0n) is 11.0. The standard InChI is InChI=1S/C15H14N4O/c16-9-12(10-17)11-18-14-6-2-1-5-13(14)15(20)19-7-3-4-8-19/h1-2,5-6,11,18H,3-4,7-8H2. The first-order chi connectivity index (χ1) is 9.76. The van der Waals surface area contributed by atoms with Crippen LogP contribution in [-0.2, 0) is 0 Å². The molecule has 1 heterocycles. The maximum atomic E-state index is 12.4. The van der Waals surface area contributed by atoms with Gasteiger partial charge in [0, 0.05) is 19.3 Å². The Balaban J connectivity index is 2.22. The van der Waals surface area contributed by atoms with Crippen LogP contribution in [0.5, 0.6) is 0 Å². The van der Waals surface area contributed by atoms with E-state index in [1.807, 2.05) is 4.90 Å². The normalized spacial score (nSPS) is 13.2. The van der Waals surface area contributed by atoms with Gasteiger partial charge in [0.15, 0.2) is 0 Å². The molecule has 20 heavy (non-hydrogen) atoms. The summed E-state index contributed by atoms with van der Waals surface area (Å²) in [5.74, 6) is -0.0190. The highest BCUT2D eigenvalue weighted by molar-refractivity contribution is 5.99. The van der Waals surface area contributed by atoms with E-state index in [0.717, 1.165) is 25.9 Å². The Morgan fingerprint density at radius 2 is 1.85 bits per heavy atom. The van der Waals surface area contributed by atoms with Gasteiger partial charge in [-0.15, -0.1) is 0 Å². The molecule has 1 aliphatic rings. The molecule has 0 aliphatic carbocycles. The molecule has 1 aromatic carbocycles. The van der Waals surface area contributed by atoms with Gasteiger partial charge in [0.25, 0.3) is 5.91 Å². The second-order valence-electron chi connectivity index (χ2n) is 4.47. The van der Waals surface area contributed by atoms with E-state index in [2.05, 4.69) is 5.32 Å². The lowest BCUT2D eigenvalue weighted by atomic mass is 10.1. The monoisotopic (exact) mass is 266 g/mol. The van der Waals surface area contributed by atoms with Crippen LogP contribution in [0.1, 0.15) is 23.2 Å². The van der Waals surface area contributed by atoms with Crippen molar-refractivity contribution in [3.63, 3.8) is 0 Å². The fraction of sp³-hybridized carbons (Fsp3) is 0.267. The number of nitriles is 2. The van der Waals surface area contributed by atoms with Gasteiger partial charge in [-0.3, -0.25) is 4.79 Å². The number of hydrogen-bond acceptors (Lipinski definition) is 4. The van der Waals surface area contributed by atoms with Crippen LogP contribution in [0.15, 0.2) is 36.0 Å². The molecule has 100 valence electrons. The lowest BCUT2D eigenvalue weighted by Gasteiger charge is -2.17. The van der Waals surface area contributed by atoms with Crippen molar-refractivity contribution < 1.29 is 4.79 Å². The van der Waals surface area contributed by atoms with E-state index < -0.39 is 0 Å². The maximum absolute atomic E-state index is 12.4. The minimum absolute atomic E-state index is 0.0190. The third-order valence-electron chi connectivity index (χ3n) is 3.16. The van der Waals surface area contributed by atoms with Gasteiger partial charge in [0.1, 0.15) is 17.7 Å². The fourth-order valence-electron chi connectivity index (χ4n) is 2.13. The smallest absolute Gasteiger partial charge is 0.255 e. The molecule has 0 spiro atoms. The van der Waals surface area contributed by atoms with Gasteiger partial charge in [-0.25, -0.2) is 0 Å². The Kier molecular flexibility index (Phi) is 4.36. The molecular formula is C15H14N4O. The van der Waals surface area contributed by atoms with Gasteiger partial charge in [-0.1, -0.05) is 12.1 Å². The number of nitrogens with one attached hydrogen (secondary N) is 1. The summed E-state index contributed by atoms with van der Waals surface area (Å²) in [5, 5.41) is 20.3. The molecule has 1 saturated heterocycles. The van der Waals surface area contributed by atoms with E-state index in [1.54, 1.807) is 36.4 Å². The average molecular weight is 266 g/mol. The van der Waals surface area contributed by atoms with Crippen LogP contribution in [0.25, 0.3) is 0 Å². The van der Waals surface area contributed by atoms with E-state index in [1.165, 1.54) is 6.20 Å². The highest BCUT2D eigenvalue weighted by atomic mass is 16.2. The van der Waals surface area contributed by atoms with Crippen molar-refractivity contribution in [1.29, 1.82) is 10.5 Å². The molecule has 0 radical (unpaired) electrons. The molecule has 0 saturated carbocycles. The van der Waals surface area contributed by atoms with Crippen molar-refractivity contribution in [2.75, 3.05) is 18.4 Å². The average Bonchev–Trinajstić information content (AvgIpc) is 3.02. The number of anilines is 1. The number of likely N-dealkylation sites (tertiary alicyclic amines) is 1. The Morgan fingerprint density at radius 1 is 1.20 bits per heavy atom. The molecule has 5 nitrogen and oxygen atoms in total. The molecule has 0 unspecified atom stereocenters. The summed E-state index contributed by atoms with van der Waals surface area (Å²) in [5.41, 5.74) is 1.13. The van der Waals surface area contributed by atoms with E-state index in [-0.39, 0.29) is 11.5 Å². The van der Waals surface area contributed by atoms with Gasteiger partial charge < -0.3 is 10.2 Å². The van der Waals surface area contributed by atoms with E-state index in [4.69, 9.17) is 10.5 Å². The number of carbonyl (C=O) groups excluding carboxylic acids is 1. The number of hydrogen-bond donors (Lipinski definition) is 1. The van der Waals surface area contributed by atoms with Crippen LogP contribution in [0.2, 0.25) is 0 Å². The van der Waals surface area contributed by atoms with Crippen molar-refractivity contribution in [2.24, 2.45) is 0 Å². The molecule has 1 aromatic rings. The Hall–Kier alpha value is -2.79. The number of benzene rings is 1. The van der Waals surface area contributed by atoms with Crippen LogP contribution in [0.4, 0.5) is 5.69 Å². The second-order valence-corrected chi connectivity index (χ2v) is 4.47. The zero-order chi connectivity index (χ0) is 14.4. The molecule has 0 atom stereocenters. The van der Waals surface area contributed by atoms with Gasteiger partial charge in [-0.05, 0) is 25.0 Å². The summed E-state index contributed by atoms with van der Waals surface area (Å²) >= 11 is 0. The predicted molar refractivity (Wildman–Crippen MR) is 74.5 cm³/mol. The summed E-state index contributed by atoms with van der Waals surface area (Å²) in [6.07, 6.45) is 3.39. The largest absolute Gasteiger partial charge is 0.359 e.